The van der Waals surface area contributed by atoms with Crippen molar-refractivity contribution in [2.24, 2.45) is 0 Å². The van der Waals surface area contributed by atoms with Gasteiger partial charge in [0.15, 0.2) is 0 Å². The van der Waals surface area contributed by atoms with Gasteiger partial charge in [-0.1, -0.05) is 57.1 Å². The first kappa shape index (κ1) is 30.1. The maximum Gasteiger partial charge on any atom is 0.329 e. The van der Waals surface area contributed by atoms with E-state index in [-0.39, 0.29) is 31.6 Å². The van der Waals surface area contributed by atoms with Crippen molar-refractivity contribution in [1.29, 1.82) is 0 Å². The van der Waals surface area contributed by atoms with Crippen LogP contribution in [0, 0.1) is 0 Å². The number of allylic oxidation sites excluding steroid dienone is 2. The zero-order valence-corrected chi connectivity index (χ0v) is 20.6. The molecule has 0 aromatic heterocycles. The van der Waals surface area contributed by atoms with Gasteiger partial charge in [-0.3, -0.25) is 9.59 Å². The van der Waals surface area contributed by atoms with Gasteiger partial charge in [0.25, 0.3) is 0 Å². The number of nitrogens with zero attached hydrogens (tertiary/aromatic N) is 1. The van der Waals surface area contributed by atoms with Crippen molar-refractivity contribution in [3.05, 3.63) is 12.2 Å². The van der Waals surface area contributed by atoms with Crippen LogP contribution in [0.2, 0.25) is 0 Å². The first-order valence-corrected chi connectivity index (χ1v) is 13.0. The zero-order valence-electron chi connectivity index (χ0n) is 20.6. The number of aliphatic hydroxyl groups excluding tert-OH is 2. The molecule has 0 bridgehead atoms. The van der Waals surface area contributed by atoms with Crippen molar-refractivity contribution in [3.8, 4) is 0 Å². The van der Waals surface area contributed by atoms with E-state index in [0.717, 1.165) is 83.5 Å². The van der Waals surface area contributed by atoms with Gasteiger partial charge in [-0.15, -0.1) is 0 Å². The highest BCUT2D eigenvalue weighted by molar-refractivity contribution is 5.91. The molecule has 1 heterocycles. The average molecular weight is 484 g/mol. The number of unbranched alkanes of at least 4 members (excludes halogenated alkanes) is 11. The van der Waals surface area contributed by atoms with Crippen LogP contribution in [0.3, 0.4) is 0 Å². The first-order valence-electron chi connectivity index (χ1n) is 13.0. The SMILES string of the molecule is O=C(O)CCCCCCC/C=C\CCCCCCCCN1C(=O)CC[C@@]1(CC(O)CO)C(=O)O. The molecule has 1 unspecified atom stereocenters. The fraction of sp³-hybridized carbons (Fsp3) is 0.808. The molecule has 1 aliphatic rings. The molecule has 8 heteroatoms. The van der Waals surface area contributed by atoms with Gasteiger partial charge in [0.05, 0.1) is 12.7 Å². The van der Waals surface area contributed by atoms with Gasteiger partial charge < -0.3 is 25.3 Å². The molecule has 1 fully saturated rings. The quantitative estimate of drug-likeness (QED) is 0.141. The predicted octanol–water partition coefficient (Wildman–Crippen LogP) is 4.28. The van der Waals surface area contributed by atoms with Crippen LogP contribution in [0.15, 0.2) is 12.2 Å². The molecule has 1 aliphatic heterocycles. The summed E-state index contributed by atoms with van der Waals surface area (Å²) in [5.41, 5.74) is -1.40. The summed E-state index contributed by atoms with van der Waals surface area (Å²) < 4.78 is 0. The molecular weight excluding hydrogens is 438 g/mol. The molecule has 0 saturated carbocycles. The van der Waals surface area contributed by atoms with Gasteiger partial charge in [0.2, 0.25) is 5.91 Å². The van der Waals surface area contributed by atoms with Crippen molar-refractivity contribution in [2.45, 2.75) is 121 Å². The number of rotatable bonds is 21. The number of hydrogen-bond donors (Lipinski definition) is 4. The number of carboxylic acids is 2. The lowest BCUT2D eigenvalue weighted by Crippen LogP contribution is -2.54. The molecule has 4 N–H and O–H groups in total. The van der Waals surface area contributed by atoms with Gasteiger partial charge in [0, 0.05) is 25.8 Å². The van der Waals surface area contributed by atoms with Crippen LogP contribution >= 0.6 is 0 Å². The minimum absolute atomic E-state index is 0.134. The highest BCUT2D eigenvalue weighted by Crippen LogP contribution is 2.35. The first-order chi connectivity index (χ1) is 16.3. The molecule has 1 amide bonds. The number of aliphatic hydroxyl groups is 2. The number of aliphatic carboxylic acids is 2. The second kappa shape index (κ2) is 17.5. The minimum Gasteiger partial charge on any atom is -0.481 e. The molecule has 0 aromatic carbocycles. The van der Waals surface area contributed by atoms with E-state index in [0.29, 0.717) is 6.54 Å². The summed E-state index contributed by atoms with van der Waals surface area (Å²) in [5, 5.41) is 37.2. The Morgan fingerprint density at radius 3 is 1.94 bits per heavy atom. The van der Waals surface area contributed by atoms with Crippen molar-refractivity contribution >= 4 is 17.8 Å². The maximum atomic E-state index is 12.3. The minimum atomic E-state index is -1.40. The lowest BCUT2D eigenvalue weighted by Gasteiger charge is -2.36. The zero-order chi connectivity index (χ0) is 25.2. The monoisotopic (exact) mass is 483 g/mol. The Morgan fingerprint density at radius 2 is 1.41 bits per heavy atom. The molecule has 1 rings (SSSR count). The smallest absolute Gasteiger partial charge is 0.329 e. The van der Waals surface area contributed by atoms with Crippen LogP contribution in [-0.2, 0) is 14.4 Å². The van der Waals surface area contributed by atoms with Crippen LogP contribution in [0.1, 0.15) is 109 Å². The average Bonchev–Trinajstić information content (AvgIpc) is 3.11. The number of hydrogen-bond acceptors (Lipinski definition) is 5. The number of likely N-dealkylation sites (tertiary alicyclic amines) is 1. The van der Waals surface area contributed by atoms with Crippen LogP contribution < -0.4 is 0 Å². The van der Waals surface area contributed by atoms with Crippen LogP contribution in [0.4, 0.5) is 0 Å². The number of carbonyl (C=O) groups excluding carboxylic acids is 1. The highest BCUT2D eigenvalue weighted by Gasteiger charge is 2.51. The van der Waals surface area contributed by atoms with E-state index < -0.39 is 30.2 Å². The standard InChI is InChI=1S/C26H45NO7/c28-21-22(29)20-26(25(33)34)18-17-23(30)27(26)19-15-13-11-9-7-5-3-1-2-4-6-8-10-12-14-16-24(31)32/h1-2,22,28-29H,3-21H2,(H,31,32)(H,33,34)/b2-1-/t22?,26-/m1/s1. The maximum absolute atomic E-state index is 12.3. The van der Waals surface area contributed by atoms with Crippen molar-refractivity contribution < 1.29 is 34.8 Å². The van der Waals surface area contributed by atoms with Crippen LogP contribution in [0.5, 0.6) is 0 Å². The van der Waals surface area contributed by atoms with Crippen LogP contribution in [-0.4, -0.2) is 68.0 Å². The summed E-state index contributed by atoms with van der Waals surface area (Å²) in [7, 11) is 0. The largest absolute Gasteiger partial charge is 0.481 e. The Bertz CT molecular complexity index is 637. The third-order valence-corrected chi connectivity index (χ3v) is 6.68. The summed E-state index contributed by atoms with van der Waals surface area (Å²) in [6.45, 7) is -0.131. The molecule has 196 valence electrons. The Hall–Kier alpha value is -1.93. The highest BCUT2D eigenvalue weighted by atomic mass is 16.4. The topological polar surface area (TPSA) is 135 Å². The summed E-state index contributed by atoms with van der Waals surface area (Å²) in [6, 6.07) is 0. The van der Waals surface area contributed by atoms with Crippen LogP contribution in [0.25, 0.3) is 0 Å². The molecule has 1 saturated heterocycles. The van der Waals surface area contributed by atoms with E-state index in [1.54, 1.807) is 0 Å². The Kier molecular flexibility index (Phi) is 15.5. The second-order valence-corrected chi connectivity index (χ2v) is 9.50. The van der Waals surface area contributed by atoms with E-state index >= 15 is 0 Å². The Balaban J connectivity index is 2.07. The van der Waals surface area contributed by atoms with E-state index in [9.17, 15) is 24.6 Å². The second-order valence-electron chi connectivity index (χ2n) is 9.50. The van der Waals surface area contributed by atoms with Gasteiger partial charge in [-0.25, -0.2) is 4.79 Å². The molecule has 34 heavy (non-hydrogen) atoms. The molecule has 0 aliphatic carbocycles. The van der Waals surface area contributed by atoms with Gasteiger partial charge in [-0.2, -0.15) is 0 Å². The fourth-order valence-corrected chi connectivity index (χ4v) is 4.68. The van der Waals surface area contributed by atoms with Gasteiger partial charge in [-0.05, 0) is 44.9 Å². The van der Waals surface area contributed by atoms with Gasteiger partial charge >= 0.3 is 11.9 Å². The number of carbonyl (C=O) groups is 3. The molecule has 2 atom stereocenters. The van der Waals surface area contributed by atoms with Crippen molar-refractivity contribution in [2.75, 3.05) is 13.2 Å². The summed E-state index contributed by atoms with van der Waals surface area (Å²) in [4.78, 5) is 36.0. The van der Waals surface area contributed by atoms with E-state index in [1.165, 1.54) is 4.90 Å². The Labute approximate surface area is 204 Å². The molecule has 0 radical (unpaired) electrons. The van der Waals surface area contributed by atoms with Gasteiger partial charge in [0.1, 0.15) is 5.54 Å². The summed E-state index contributed by atoms with van der Waals surface area (Å²) in [6.07, 6.45) is 17.3. The molecule has 0 aromatic rings. The Morgan fingerprint density at radius 1 is 0.882 bits per heavy atom. The van der Waals surface area contributed by atoms with E-state index in [4.69, 9.17) is 10.2 Å². The fourth-order valence-electron chi connectivity index (χ4n) is 4.68. The number of amides is 1. The third-order valence-electron chi connectivity index (χ3n) is 6.68. The molecular formula is C26H45NO7. The van der Waals surface area contributed by atoms with Crippen molar-refractivity contribution in [1.82, 2.24) is 4.90 Å². The third kappa shape index (κ3) is 11.5. The van der Waals surface area contributed by atoms with E-state index in [1.807, 2.05) is 0 Å². The summed E-state index contributed by atoms with van der Waals surface area (Å²) in [5.74, 6) is -1.99. The van der Waals surface area contributed by atoms with E-state index in [2.05, 4.69) is 12.2 Å². The molecule has 8 nitrogen and oxygen atoms in total. The lowest BCUT2D eigenvalue weighted by molar-refractivity contribution is -0.157. The normalized spacial score (nSPS) is 19.2. The summed E-state index contributed by atoms with van der Waals surface area (Å²) >= 11 is 0. The predicted molar refractivity (Wildman–Crippen MR) is 130 cm³/mol. The van der Waals surface area contributed by atoms with Crippen molar-refractivity contribution in [3.63, 3.8) is 0 Å². The lowest BCUT2D eigenvalue weighted by atomic mass is 9.89. The molecule has 0 spiro atoms. The number of carboxylic acid groups (broad SMARTS) is 2.